The molecule has 9 heteroatoms. The molecule has 0 radical (unpaired) electrons. The zero-order chi connectivity index (χ0) is 26.1. The van der Waals surface area contributed by atoms with E-state index in [1.54, 1.807) is 13.4 Å². The van der Waals surface area contributed by atoms with Gasteiger partial charge in [0.05, 0.1) is 19.0 Å². The van der Waals surface area contributed by atoms with Crippen molar-refractivity contribution in [2.24, 2.45) is 0 Å². The van der Waals surface area contributed by atoms with Crippen LogP contribution in [0.3, 0.4) is 0 Å². The molecule has 3 unspecified atom stereocenters. The number of carbonyl (C=O) groups is 1. The highest BCUT2D eigenvalue weighted by Crippen LogP contribution is 2.26. The summed E-state index contributed by atoms with van der Waals surface area (Å²) in [5.74, 6) is -0.682. The van der Waals surface area contributed by atoms with E-state index in [9.17, 15) is 13.6 Å². The van der Waals surface area contributed by atoms with Crippen LogP contribution in [0.25, 0.3) is 0 Å². The molecule has 0 spiro atoms. The topological polar surface area (TPSA) is 80.2 Å². The normalized spacial score (nSPS) is 17.9. The second-order valence-corrected chi connectivity index (χ2v) is 9.70. The van der Waals surface area contributed by atoms with Crippen LogP contribution in [0.1, 0.15) is 70.0 Å². The lowest BCUT2D eigenvalue weighted by Crippen LogP contribution is -2.48. The smallest absolute Gasteiger partial charge is 0.242 e. The van der Waals surface area contributed by atoms with Crippen molar-refractivity contribution in [3.8, 4) is 0 Å². The standard InChI is InChI=1S/C27H41F2N5O2/c1-5-8-25(32-21-10-9-18-11-19(28)12-24(29)23(18)13-21)27(35)33-26-15-34(17-31-26)22(7-3)14-30-20(6-2)16-36-4/h11-12,15,17,20-22,25,30,32H,5-10,13-14,16H2,1-4H3,(H,33,35)/t20?,21?,22?,25-/m0/s1. The summed E-state index contributed by atoms with van der Waals surface area (Å²) in [5, 5.41) is 9.92. The van der Waals surface area contributed by atoms with Crippen molar-refractivity contribution in [1.82, 2.24) is 20.2 Å². The number of halogens is 2. The zero-order valence-corrected chi connectivity index (χ0v) is 21.9. The van der Waals surface area contributed by atoms with Gasteiger partial charge in [0.1, 0.15) is 11.6 Å². The molecule has 1 aromatic carbocycles. The van der Waals surface area contributed by atoms with E-state index >= 15 is 0 Å². The fourth-order valence-electron chi connectivity index (χ4n) is 4.89. The predicted octanol–water partition coefficient (Wildman–Crippen LogP) is 4.38. The average Bonchev–Trinajstić information content (AvgIpc) is 3.31. The number of methoxy groups -OCH3 is 1. The minimum Gasteiger partial charge on any atom is -0.383 e. The highest BCUT2D eigenvalue weighted by Gasteiger charge is 2.27. The third kappa shape index (κ3) is 7.57. The van der Waals surface area contributed by atoms with Gasteiger partial charge in [-0.25, -0.2) is 13.8 Å². The van der Waals surface area contributed by atoms with Crippen molar-refractivity contribution < 1.29 is 18.3 Å². The van der Waals surface area contributed by atoms with Gasteiger partial charge in [0, 0.05) is 44.0 Å². The number of fused-ring (bicyclic) bond motifs is 1. The van der Waals surface area contributed by atoms with Crippen molar-refractivity contribution in [3.63, 3.8) is 0 Å². The summed E-state index contributed by atoms with van der Waals surface area (Å²) in [6, 6.07) is 2.39. The van der Waals surface area contributed by atoms with Crippen LogP contribution in [0.15, 0.2) is 24.7 Å². The number of hydrogen-bond donors (Lipinski definition) is 3. The number of imidazole rings is 1. The summed E-state index contributed by atoms with van der Waals surface area (Å²) in [6.45, 7) is 7.74. The Morgan fingerprint density at radius 3 is 2.75 bits per heavy atom. The number of benzene rings is 1. The van der Waals surface area contributed by atoms with Crippen LogP contribution in [-0.4, -0.2) is 53.8 Å². The first-order chi connectivity index (χ1) is 17.4. The minimum atomic E-state index is -0.540. The Bertz CT molecular complexity index is 983. The first-order valence-corrected chi connectivity index (χ1v) is 13.2. The van der Waals surface area contributed by atoms with Gasteiger partial charge in [0.25, 0.3) is 0 Å². The maximum Gasteiger partial charge on any atom is 0.242 e. The third-order valence-electron chi connectivity index (χ3n) is 7.04. The Hall–Kier alpha value is -2.36. The highest BCUT2D eigenvalue weighted by molar-refractivity contribution is 5.94. The summed E-state index contributed by atoms with van der Waals surface area (Å²) < 4.78 is 35.2. The van der Waals surface area contributed by atoms with Gasteiger partial charge in [-0.15, -0.1) is 0 Å². The molecule has 4 atom stereocenters. The number of aromatic nitrogens is 2. The number of carbonyl (C=O) groups excluding carboxylic acids is 1. The van der Waals surface area contributed by atoms with E-state index in [0.717, 1.165) is 43.9 Å². The zero-order valence-electron chi connectivity index (χ0n) is 21.9. The van der Waals surface area contributed by atoms with E-state index in [-0.39, 0.29) is 18.0 Å². The summed E-state index contributed by atoms with van der Waals surface area (Å²) in [5.41, 5.74) is 1.27. The second-order valence-electron chi connectivity index (χ2n) is 9.70. The molecule has 7 nitrogen and oxygen atoms in total. The fourth-order valence-corrected chi connectivity index (χ4v) is 4.89. The molecule has 3 rings (SSSR count). The van der Waals surface area contributed by atoms with Gasteiger partial charge in [-0.05, 0) is 55.7 Å². The molecule has 200 valence electrons. The number of anilines is 1. The Labute approximate surface area is 213 Å². The molecule has 0 saturated heterocycles. The first-order valence-electron chi connectivity index (χ1n) is 13.2. The monoisotopic (exact) mass is 505 g/mol. The summed E-state index contributed by atoms with van der Waals surface area (Å²) in [4.78, 5) is 17.5. The van der Waals surface area contributed by atoms with E-state index in [0.29, 0.717) is 43.3 Å². The van der Waals surface area contributed by atoms with E-state index in [2.05, 4.69) is 34.8 Å². The Morgan fingerprint density at radius 2 is 2.06 bits per heavy atom. The van der Waals surface area contributed by atoms with Crippen LogP contribution in [0.5, 0.6) is 0 Å². The molecule has 0 aliphatic heterocycles. The Morgan fingerprint density at radius 1 is 1.25 bits per heavy atom. The minimum absolute atomic E-state index is 0.0496. The SMILES string of the molecule is CCC[C@H](NC1CCc2cc(F)cc(F)c2C1)C(=O)Nc1cn(C(CC)CNC(CC)COC)cn1. The number of rotatable bonds is 14. The predicted molar refractivity (Wildman–Crippen MR) is 138 cm³/mol. The molecule has 3 N–H and O–H groups in total. The van der Waals surface area contributed by atoms with Gasteiger partial charge in [0.2, 0.25) is 5.91 Å². The van der Waals surface area contributed by atoms with Crippen LogP contribution in [0.2, 0.25) is 0 Å². The van der Waals surface area contributed by atoms with Gasteiger partial charge >= 0.3 is 0 Å². The van der Waals surface area contributed by atoms with Crippen LogP contribution in [0, 0.1) is 11.6 Å². The lowest BCUT2D eigenvalue weighted by Gasteiger charge is -2.29. The summed E-state index contributed by atoms with van der Waals surface area (Å²) >= 11 is 0. The molecule has 1 aliphatic rings. The molecule has 0 saturated carbocycles. The molecule has 1 aliphatic carbocycles. The molecule has 0 fully saturated rings. The number of nitrogens with zero attached hydrogens (tertiary/aromatic N) is 2. The Balaban J connectivity index is 1.59. The molecule has 1 heterocycles. The van der Waals surface area contributed by atoms with Gasteiger partial charge < -0.3 is 25.3 Å². The lowest BCUT2D eigenvalue weighted by atomic mass is 9.87. The first kappa shape index (κ1) is 28.2. The van der Waals surface area contributed by atoms with Gasteiger partial charge in [0.15, 0.2) is 5.82 Å². The van der Waals surface area contributed by atoms with Crippen molar-refractivity contribution in [1.29, 1.82) is 0 Å². The maximum absolute atomic E-state index is 14.3. The van der Waals surface area contributed by atoms with Crippen LogP contribution < -0.4 is 16.0 Å². The van der Waals surface area contributed by atoms with Crippen LogP contribution in [0.4, 0.5) is 14.6 Å². The van der Waals surface area contributed by atoms with Gasteiger partial charge in [-0.1, -0.05) is 27.2 Å². The quantitative estimate of drug-likeness (QED) is 0.355. The molecule has 2 aromatic rings. The molecule has 0 bridgehead atoms. The maximum atomic E-state index is 14.3. The third-order valence-corrected chi connectivity index (χ3v) is 7.04. The van der Waals surface area contributed by atoms with E-state index in [1.165, 1.54) is 6.07 Å². The van der Waals surface area contributed by atoms with Crippen LogP contribution >= 0.6 is 0 Å². The van der Waals surface area contributed by atoms with Crippen molar-refractivity contribution >= 4 is 11.7 Å². The highest BCUT2D eigenvalue weighted by atomic mass is 19.1. The number of hydrogen-bond acceptors (Lipinski definition) is 5. The molecule has 1 amide bonds. The molecule has 36 heavy (non-hydrogen) atoms. The van der Waals surface area contributed by atoms with Crippen LogP contribution in [-0.2, 0) is 22.4 Å². The number of aryl methyl sites for hydroxylation is 1. The number of amides is 1. The molecule has 1 aromatic heterocycles. The average molecular weight is 506 g/mol. The van der Waals surface area contributed by atoms with E-state index < -0.39 is 17.7 Å². The lowest BCUT2D eigenvalue weighted by molar-refractivity contribution is -0.118. The van der Waals surface area contributed by atoms with Crippen molar-refractivity contribution in [2.75, 3.05) is 25.6 Å². The largest absolute Gasteiger partial charge is 0.383 e. The van der Waals surface area contributed by atoms with E-state index in [4.69, 9.17) is 4.74 Å². The van der Waals surface area contributed by atoms with E-state index in [1.807, 2.05) is 17.7 Å². The van der Waals surface area contributed by atoms with Gasteiger partial charge in [-0.3, -0.25) is 4.79 Å². The fraction of sp³-hybridized carbons (Fsp3) is 0.630. The van der Waals surface area contributed by atoms with Crippen molar-refractivity contribution in [2.45, 2.75) is 89.9 Å². The van der Waals surface area contributed by atoms with Crippen molar-refractivity contribution in [3.05, 3.63) is 47.4 Å². The van der Waals surface area contributed by atoms with Gasteiger partial charge in [-0.2, -0.15) is 0 Å². The summed E-state index contributed by atoms with van der Waals surface area (Å²) in [7, 11) is 1.71. The summed E-state index contributed by atoms with van der Waals surface area (Å²) in [6.07, 6.45) is 8.76. The Kier molecular flexibility index (Phi) is 10.8. The number of nitrogens with one attached hydrogen (secondary N) is 3. The molecular formula is C27H41F2N5O2. The molecular weight excluding hydrogens is 464 g/mol. The number of ether oxygens (including phenoxy) is 1. The second kappa shape index (κ2) is 13.8.